The van der Waals surface area contributed by atoms with Crippen LogP contribution in [0.4, 0.5) is 5.69 Å². The summed E-state index contributed by atoms with van der Waals surface area (Å²) >= 11 is 0. The van der Waals surface area contributed by atoms with Gasteiger partial charge < -0.3 is 5.32 Å². The van der Waals surface area contributed by atoms with E-state index in [-0.39, 0.29) is 5.91 Å². The highest BCUT2D eigenvalue weighted by molar-refractivity contribution is 5.98. The molecule has 80 valence electrons. The van der Waals surface area contributed by atoms with Gasteiger partial charge in [0.1, 0.15) is 0 Å². The third-order valence-corrected chi connectivity index (χ3v) is 2.01. The predicted molar refractivity (Wildman–Crippen MR) is 60.2 cm³/mol. The van der Waals surface area contributed by atoms with E-state index in [1.54, 1.807) is 29.2 Å². The minimum atomic E-state index is -0.228. The number of benzene rings is 1. The Balaban J connectivity index is 2.17. The summed E-state index contributed by atoms with van der Waals surface area (Å²) in [7, 11) is 0. The zero-order valence-electron chi connectivity index (χ0n) is 8.50. The van der Waals surface area contributed by atoms with Crippen LogP contribution in [0.1, 0.15) is 0 Å². The van der Waals surface area contributed by atoms with Crippen molar-refractivity contribution >= 4 is 11.6 Å². The first kappa shape index (κ1) is 10.1. The maximum atomic E-state index is 11.0. The number of hydrogen-bond donors (Lipinski definition) is 1. The molecule has 2 rings (SSSR count). The fraction of sp³-hybridized carbons (Fsp3) is 0. The van der Waals surface area contributed by atoms with Crippen LogP contribution in [0.3, 0.4) is 0 Å². The van der Waals surface area contributed by atoms with Crippen molar-refractivity contribution < 1.29 is 4.79 Å². The maximum absolute atomic E-state index is 11.0. The molecule has 0 fully saturated rings. The third-order valence-electron chi connectivity index (χ3n) is 2.01. The first-order chi connectivity index (χ1) is 7.79. The molecule has 1 aromatic carbocycles. The molecule has 5 heteroatoms. The van der Waals surface area contributed by atoms with Gasteiger partial charge in [-0.2, -0.15) is 0 Å². The van der Waals surface area contributed by atoms with Crippen molar-refractivity contribution in [1.82, 2.24) is 15.0 Å². The molecule has 0 radical (unpaired) electrons. The van der Waals surface area contributed by atoms with Crippen LogP contribution < -0.4 is 5.32 Å². The van der Waals surface area contributed by atoms with E-state index in [0.29, 0.717) is 5.69 Å². The summed E-state index contributed by atoms with van der Waals surface area (Å²) in [4.78, 5) is 11.0. The molecule has 1 aromatic heterocycles. The van der Waals surface area contributed by atoms with Crippen LogP contribution in [0.25, 0.3) is 5.69 Å². The first-order valence-electron chi connectivity index (χ1n) is 4.70. The average molecular weight is 214 g/mol. The quantitative estimate of drug-likeness (QED) is 0.785. The number of aromatic nitrogens is 3. The number of nitrogens with zero attached hydrogens (tertiary/aromatic N) is 3. The van der Waals surface area contributed by atoms with Crippen molar-refractivity contribution in [2.75, 3.05) is 5.32 Å². The Morgan fingerprint density at radius 2 is 2.12 bits per heavy atom. The summed E-state index contributed by atoms with van der Waals surface area (Å²) in [6.07, 6.45) is 4.58. The molecular formula is C11H10N4O. The number of anilines is 1. The lowest BCUT2D eigenvalue weighted by Crippen LogP contribution is -2.07. The van der Waals surface area contributed by atoms with Gasteiger partial charge in [-0.05, 0) is 30.3 Å². The van der Waals surface area contributed by atoms with Crippen LogP contribution in [-0.4, -0.2) is 20.9 Å². The molecule has 0 atom stereocenters. The summed E-state index contributed by atoms with van der Waals surface area (Å²) in [5.41, 5.74) is 1.60. The lowest BCUT2D eigenvalue weighted by molar-refractivity contribution is -0.111. The van der Waals surface area contributed by atoms with Crippen molar-refractivity contribution in [2.24, 2.45) is 0 Å². The van der Waals surface area contributed by atoms with E-state index in [9.17, 15) is 4.79 Å². The van der Waals surface area contributed by atoms with Crippen LogP contribution in [-0.2, 0) is 4.79 Å². The van der Waals surface area contributed by atoms with Crippen LogP contribution in [0.15, 0.2) is 49.3 Å². The number of carbonyl (C=O) groups excluding carboxylic acids is 1. The monoisotopic (exact) mass is 214 g/mol. The SMILES string of the molecule is C=CC(=O)Nc1ccc(-n2ccnn2)cc1. The van der Waals surface area contributed by atoms with Gasteiger partial charge in [0.05, 0.1) is 18.1 Å². The molecule has 0 aliphatic carbocycles. The van der Waals surface area contributed by atoms with Gasteiger partial charge in [0.15, 0.2) is 0 Å². The van der Waals surface area contributed by atoms with Gasteiger partial charge in [-0.3, -0.25) is 4.79 Å². The Kier molecular flexibility index (Phi) is 2.77. The van der Waals surface area contributed by atoms with Crippen molar-refractivity contribution in [2.45, 2.75) is 0 Å². The van der Waals surface area contributed by atoms with E-state index in [4.69, 9.17) is 0 Å². The predicted octanol–water partition coefficient (Wildman–Crippen LogP) is 1.39. The number of rotatable bonds is 3. The minimum absolute atomic E-state index is 0.228. The molecule has 0 aliphatic heterocycles. The molecular weight excluding hydrogens is 204 g/mol. The van der Waals surface area contributed by atoms with Crippen molar-refractivity contribution in [1.29, 1.82) is 0 Å². The Labute approximate surface area is 92.4 Å². The van der Waals surface area contributed by atoms with Crippen LogP contribution in [0.2, 0.25) is 0 Å². The smallest absolute Gasteiger partial charge is 0.247 e. The lowest BCUT2D eigenvalue weighted by atomic mass is 10.3. The zero-order valence-corrected chi connectivity index (χ0v) is 8.50. The van der Waals surface area contributed by atoms with Crippen molar-refractivity contribution in [3.8, 4) is 5.69 Å². The van der Waals surface area contributed by atoms with Gasteiger partial charge in [0.2, 0.25) is 5.91 Å². The number of carbonyl (C=O) groups is 1. The van der Waals surface area contributed by atoms with Crippen molar-refractivity contribution in [3.05, 3.63) is 49.3 Å². The van der Waals surface area contributed by atoms with Gasteiger partial charge in [-0.1, -0.05) is 11.8 Å². The fourth-order valence-electron chi connectivity index (χ4n) is 1.24. The summed E-state index contributed by atoms with van der Waals surface area (Å²) in [5.74, 6) is -0.228. The minimum Gasteiger partial charge on any atom is -0.323 e. The van der Waals surface area contributed by atoms with Gasteiger partial charge in [-0.25, -0.2) is 4.68 Å². The van der Waals surface area contributed by atoms with E-state index in [1.165, 1.54) is 6.08 Å². The van der Waals surface area contributed by atoms with Gasteiger partial charge in [0.25, 0.3) is 0 Å². The Morgan fingerprint density at radius 3 is 2.69 bits per heavy atom. The van der Waals surface area contributed by atoms with E-state index < -0.39 is 0 Å². The average Bonchev–Trinajstić information content (AvgIpc) is 2.83. The Morgan fingerprint density at radius 1 is 1.38 bits per heavy atom. The number of amides is 1. The van der Waals surface area contributed by atoms with Gasteiger partial charge in [0, 0.05) is 5.69 Å². The molecule has 0 unspecified atom stereocenters. The van der Waals surface area contributed by atoms with Gasteiger partial charge in [-0.15, -0.1) is 5.10 Å². The molecule has 1 heterocycles. The van der Waals surface area contributed by atoms with E-state index >= 15 is 0 Å². The van der Waals surface area contributed by atoms with Crippen LogP contribution >= 0.6 is 0 Å². The number of hydrogen-bond acceptors (Lipinski definition) is 3. The second-order valence-corrected chi connectivity index (χ2v) is 3.09. The summed E-state index contributed by atoms with van der Waals surface area (Å²) in [6, 6.07) is 7.26. The Bertz CT molecular complexity index is 487. The second kappa shape index (κ2) is 4.39. The van der Waals surface area contributed by atoms with Gasteiger partial charge >= 0.3 is 0 Å². The van der Waals surface area contributed by atoms with Crippen LogP contribution in [0, 0.1) is 0 Å². The highest BCUT2D eigenvalue weighted by Crippen LogP contribution is 2.11. The van der Waals surface area contributed by atoms with E-state index in [2.05, 4.69) is 22.2 Å². The largest absolute Gasteiger partial charge is 0.323 e. The highest BCUT2D eigenvalue weighted by Gasteiger charge is 1.99. The standard InChI is InChI=1S/C11H10N4O/c1-2-11(16)13-9-3-5-10(6-4-9)15-8-7-12-14-15/h2-8H,1H2,(H,13,16). The highest BCUT2D eigenvalue weighted by atomic mass is 16.1. The summed E-state index contributed by atoms with van der Waals surface area (Å²) < 4.78 is 1.64. The molecule has 0 bridgehead atoms. The molecule has 0 saturated heterocycles. The molecule has 5 nitrogen and oxygen atoms in total. The fourth-order valence-corrected chi connectivity index (χ4v) is 1.24. The summed E-state index contributed by atoms with van der Waals surface area (Å²) in [5, 5.41) is 10.2. The lowest BCUT2D eigenvalue weighted by Gasteiger charge is -2.03. The number of nitrogens with one attached hydrogen (secondary N) is 1. The molecule has 1 amide bonds. The summed E-state index contributed by atoms with van der Waals surface area (Å²) in [6.45, 7) is 3.38. The first-order valence-corrected chi connectivity index (χ1v) is 4.70. The van der Waals surface area contributed by atoms with E-state index in [1.807, 2.05) is 12.1 Å². The molecule has 0 saturated carbocycles. The maximum Gasteiger partial charge on any atom is 0.247 e. The second-order valence-electron chi connectivity index (χ2n) is 3.09. The third kappa shape index (κ3) is 2.14. The molecule has 2 aromatic rings. The molecule has 16 heavy (non-hydrogen) atoms. The molecule has 0 spiro atoms. The molecule has 0 aliphatic rings. The van der Waals surface area contributed by atoms with E-state index in [0.717, 1.165) is 5.69 Å². The van der Waals surface area contributed by atoms with Crippen LogP contribution in [0.5, 0.6) is 0 Å². The zero-order chi connectivity index (χ0) is 11.4. The molecule has 1 N–H and O–H groups in total. The Hall–Kier alpha value is -2.43. The van der Waals surface area contributed by atoms with Crippen molar-refractivity contribution in [3.63, 3.8) is 0 Å². The topological polar surface area (TPSA) is 59.8 Å². The normalized spacial score (nSPS) is 9.75.